The van der Waals surface area contributed by atoms with Crippen molar-refractivity contribution in [3.63, 3.8) is 0 Å². The number of aryl methyl sites for hydroxylation is 1. The molecule has 2 aromatic carbocycles. The van der Waals surface area contributed by atoms with Crippen LogP contribution in [0, 0.1) is 0 Å². The molecule has 2 N–H and O–H groups in total. The van der Waals surface area contributed by atoms with Crippen LogP contribution in [-0.4, -0.2) is 72.4 Å². The van der Waals surface area contributed by atoms with Gasteiger partial charge in [-0.15, -0.1) is 5.10 Å². The van der Waals surface area contributed by atoms with Gasteiger partial charge in [0.05, 0.1) is 35.4 Å². The predicted molar refractivity (Wildman–Crippen MR) is 133 cm³/mol. The number of aromatic nitrogens is 3. The van der Waals surface area contributed by atoms with Crippen LogP contribution in [-0.2, 0) is 27.8 Å². The maximum atomic E-state index is 13.0. The number of benzene rings is 2. The van der Waals surface area contributed by atoms with Gasteiger partial charge >= 0.3 is 0 Å². The number of ether oxygens (including phenoxy) is 1. The highest BCUT2D eigenvalue weighted by atomic mass is 32.2. The van der Waals surface area contributed by atoms with Crippen LogP contribution in [0.25, 0.3) is 11.1 Å². The van der Waals surface area contributed by atoms with E-state index in [0.29, 0.717) is 25.8 Å². The number of rotatable bonds is 10. The van der Waals surface area contributed by atoms with E-state index in [1.54, 1.807) is 28.9 Å². The lowest BCUT2D eigenvalue weighted by Gasteiger charge is -2.36. The van der Waals surface area contributed by atoms with E-state index in [1.807, 2.05) is 55.5 Å². The molecule has 1 aliphatic heterocycles. The molecule has 2 heterocycles. The van der Waals surface area contributed by atoms with E-state index in [-0.39, 0.29) is 17.6 Å². The molecule has 0 spiro atoms. The molecule has 4 rings (SSSR count). The van der Waals surface area contributed by atoms with Gasteiger partial charge in [-0.1, -0.05) is 47.7 Å². The van der Waals surface area contributed by atoms with E-state index in [4.69, 9.17) is 4.74 Å². The minimum atomic E-state index is -3.75. The number of hydrogen-bond donors (Lipinski definition) is 2. The van der Waals surface area contributed by atoms with Crippen LogP contribution in [0.15, 0.2) is 65.7 Å². The first-order chi connectivity index (χ1) is 16.8. The lowest BCUT2D eigenvalue weighted by molar-refractivity contribution is -0.0891. The minimum absolute atomic E-state index is 0.0837. The normalized spacial score (nSPS) is 20.9. The van der Waals surface area contributed by atoms with Gasteiger partial charge in [-0.25, -0.2) is 13.1 Å². The van der Waals surface area contributed by atoms with Crippen molar-refractivity contribution < 1.29 is 18.3 Å². The first kappa shape index (κ1) is 25.5. The van der Waals surface area contributed by atoms with Gasteiger partial charge in [0.2, 0.25) is 10.0 Å². The zero-order chi connectivity index (χ0) is 24.8. The average molecular weight is 500 g/mol. The highest BCUT2D eigenvalue weighted by molar-refractivity contribution is 7.89. The Kier molecular flexibility index (Phi) is 8.30. The summed E-state index contributed by atoms with van der Waals surface area (Å²) in [6.07, 6.45) is 3.22. The van der Waals surface area contributed by atoms with Crippen molar-refractivity contribution in [2.45, 2.75) is 55.5 Å². The lowest BCUT2D eigenvalue weighted by Crippen LogP contribution is -2.50. The first-order valence-corrected chi connectivity index (χ1v) is 13.3. The summed E-state index contributed by atoms with van der Waals surface area (Å²) in [7, 11) is 0.212. The Hall–Kier alpha value is -2.63. The Balaban J connectivity index is 1.33. The van der Waals surface area contributed by atoms with E-state index in [1.165, 1.54) is 0 Å². The summed E-state index contributed by atoms with van der Waals surface area (Å²) in [5, 5.41) is 18.2. The van der Waals surface area contributed by atoms with Gasteiger partial charge in [-0.2, -0.15) is 0 Å². The highest BCUT2D eigenvalue weighted by Gasteiger charge is 2.34. The summed E-state index contributed by atoms with van der Waals surface area (Å²) in [6, 6.07) is 16.1. The van der Waals surface area contributed by atoms with Gasteiger partial charge in [-0.05, 0) is 56.6 Å². The fourth-order valence-corrected chi connectivity index (χ4v) is 5.62. The summed E-state index contributed by atoms with van der Waals surface area (Å²) in [5.74, 6) is 0. The Morgan fingerprint density at radius 2 is 1.80 bits per heavy atom. The van der Waals surface area contributed by atoms with Crippen molar-refractivity contribution in [2.24, 2.45) is 0 Å². The number of nitrogens with zero attached hydrogens (tertiary/aromatic N) is 4. The molecule has 3 atom stereocenters. The second-order valence-corrected chi connectivity index (χ2v) is 10.9. The molecule has 0 aliphatic carbocycles. The Labute approximate surface area is 206 Å². The highest BCUT2D eigenvalue weighted by Crippen LogP contribution is 2.25. The van der Waals surface area contributed by atoms with Gasteiger partial charge in [0.1, 0.15) is 0 Å². The van der Waals surface area contributed by atoms with Gasteiger partial charge in [0, 0.05) is 19.3 Å². The van der Waals surface area contributed by atoms with E-state index in [0.717, 1.165) is 23.4 Å². The zero-order valence-corrected chi connectivity index (χ0v) is 20.9. The van der Waals surface area contributed by atoms with Crippen molar-refractivity contribution in [1.29, 1.82) is 0 Å². The molecule has 1 fully saturated rings. The maximum Gasteiger partial charge on any atom is 0.240 e. The van der Waals surface area contributed by atoms with Crippen LogP contribution < -0.4 is 4.72 Å². The van der Waals surface area contributed by atoms with Crippen LogP contribution in [0.4, 0.5) is 0 Å². The standard InChI is InChI=1S/C25H33N5O4S/c1-29(2)16-21-17-30(28-26-21)15-14-22-10-13-24(25(18-31)34-22)27-35(32,33)23-11-8-20(9-12-23)19-6-4-3-5-7-19/h3-9,11-12,17,22,24-25,27,31H,10,13-16,18H2,1-2H3/t22-,24+,25+/m0/s1. The second-order valence-electron chi connectivity index (χ2n) is 9.17. The van der Waals surface area contributed by atoms with E-state index < -0.39 is 22.2 Å². The zero-order valence-electron chi connectivity index (χ0n) is 20.1. The van der Waals surface area contributed by atoms with E-state index >= 15 is 0 Å². The summed E-state index contributed by atoms with van der Waals surface area (Å²) in [5.41, 5.74) is 2.87. The Morgan fingerprint density at radius 1 is 1.09 bits per heavy atom. The van der Waals surface area contributed by atoms with Crippen molar-refractivity contribution in [3.8, 4) is 11.1 Å². The lowest BCUT2D eigenvalue weighted by atomic mass is 9.98. The van der Waals surface area contributed by atoms with Crippen molar-refractivity contribution in [1.82, 2.24) is 24.6 Å². The molecule has 0 unspecified atom stereocenters. The molecule has 35 heavy (non-hydrogen) atoms. The number of sulfonamides is 1. The van der Waals surface area contributed by atoms with Crippen LogP contribution in [0.3, 0.4) is 0 Å². The van der Waals surface area contributed by atoms with E-state index in [9.17, 15) is 13.5 Å². The van der Waals surface area contributed by atoms with Crippen molar-refractivity contribution in [2.75, 3.05) is 20.7 Å². The molecule has 3 aromatic rings. The Morgan fingerprint density at radius 3 is 2.49 bits per heavy atom. The molecule has 0 radical (unpaired) electrons. The summed E-state index contributed by atoms with van der Waals surface area (Å²) in [6.45, 7) is 1.11. The number of aliphatic hydroxyl groups is 1. The van der Waals surface area contributed by atoms with Crippen LogP contribution in [0.2, 0.25) is 0 Å². The van der Waals surface area contributed by atoms with Crippen LogP contribution >= 0.6 is 0 Å². The number of hydrogen-bond acceptors (Lipinski definition) is 7. The average Bonchev–Trinajstić information content (AvgIpc) is 3.30. The SMILES string of the molecule is CN(C)Cc1cn(CC[C@@H]2CC[C@@H](NS(=O)(=O)c3ccc(-c4ccccc4)cc3)[C@@H](CO)O2)nn1. The molecule has 0 saturated carbocycles. The quantitative estimate of drug-likeness (QED) is 0.440. The van der Waals surface area contributed by atoms with Gasteiger partial charge in [0.25, 0.3) is 0 Å². The van der Waals surface area contributed by atoms with Gasteiger partial charge < -0.3 is 14.7 Å². The fraction of sp³-hybridized carbons (Fsp3) is 0.440. The summed E-state index contributed by atoms with van der Waals surface area (Å²) in [4.78, 5) is 2.22. The molecular weight excluding hydrogens is 466 g/mol. The Bertz CT molecular complexity index is 1180. The predicted octanol–water partition coefficient (Wildman–Crippen LogP) is 2.28. The summed E-state index contributed by atoms with van der Waals surface area (Å²) >= 11 is 0. The third-order valence-electron chi connectivity index (χ3n) is 6.12. The third kappa shape index (κ3) is 6.74. The van der Waals surface area contributed by atoms with Gasteiger partial charge in [0.15, 0.2) is 0 Å². The molecule has 188 valence electrons. The molecule has 1 aliphatic rings. The molecule has 0 bridgehead atoms. The van der Waals surface area contributed by atoms with E-state index in [2.05, 4.69) is 15.0 Å². The maximum absolute atomic E-state index is 13.0. The molecule has 1 saturated heterocycles. The second kappa shape index (κ2) is 11.4. The van der Waals surface area contributed by atoms with Crippen molar-refractivity contribution >= 4 is 10.0 Å². The van der Waals surface area contributed by atoms with Crippen LogP contribution in [0.5, 0.6) is 0 Å². The topological polar surface area (TPSA) is 110 Å². The number of nitrogens with one attached hydrogen (secondary N) is 1. The minimum Gasteiger partial charge on any atom is -0.394 e. The molecule has 10 heteroatoms. The monoisotopic (exact) mass is 499 g/mol. The third-order valence-corrected chi connectivity index (χ3v) is 7.62. The van der Waals surface area contributed by atoms with Gasteiger partial charge in [-0.3, -0.25) is 4.68 Å². The largest absolute Gasteiger partial charge is 0.394 e. The molecular formula is C25H33N5O4S. The van der Waals surface area contributed by atoms with Crippen LogP contribution in [0.1, 0.15) is 25.0 Å². The molecule has 9 nitrogen and oxygen atoms in total. The summed E-state index contributed by atoms with van der Waals surface area (Å²) < 4.78 is 36.6. The molecule has 0 amide bonds. The fourth-order valence-electron chi connectivity index (χ4n) is 4.32. The smallest absolute Gasteiger partial charge is 0.240 e. The van der Waals surface area contributed by atoms with Crippen molar-refractivity contribution in [3.05, 3.63) is 66.5 Å². The first-order valence-electron chi connectivity index (χ1n) is 11.8. The molecule has 1 aromatic heterocycles. The number of aliphatic hydroxyl groups excluding tert-OH is 1.